The van der Waals surface area contributed by atoms with Crippen molar-refractivity contribution in [3.63, 3.8) is 0 Å². The van der Waals surface area contributed by atoms with Crippen LogP contribution in [0.25, 0.3) is 0 Å². The van der Waals surface area contributed by atoms with Crippen molar-refractivity contribution in [1.29, 1.82) is 0 Å². The lowest BCUT2D eigenvalue weighted by Crippen LogP contribution is -2.45. The van der Waals surface area contributed by atoms with E-state index >= 15 is 0 Å². The maximum Gasteiger partial charge on any atom is 0.322 e. The van der Waals surface area contributed by atoms with Gasteiger partial charge >= 0.3 is 5.97 Å². The number of rotatable bonds is 1. The summed E-state index contributed by atoms with van der Waals surface area (Å²) in [5.74, 6) is -1.20. The van der Waals surface area contributed by atoms with Gasteiger partial charge in [-0.15, -0.1) is 0 Å². The highest BCUT2D eigenvalue weighted by Gasteiger charge is 2.33. The minimum absolute atomic E-state index is 0.0920. The number of benzene rings is 1. The molecule has 0 amide bonds. The van der Waals surface area contributed by atoms with Crippen LogP contribution in [0.2, 0.25) is 5.02 Å². The van der Waals surface area contributed by atoms with Gasteiger partial charge in [-0.05, 0) is 23.8 Å². The van der Waals surface area contributed by atoms with Crippen LogP contribution in [-0.4, -0.2) is 25.5 Å². The Balaban J connectivity index is 2.56. The molecule has 1 aromatic rings. The van der Waals surface area contributed by atoms with Gasteiger partial charge in [0.05, 0.1) is 4.90 Å². The van der Waals surface area contributed by atoms with Crippen molar-refractivity contribution in [2.45, 2.75) is 17.4 Å². The number of aliphatic carboxylic acids is 1. The number of hydrogen-bond donors (Lipinski definition) is 2. The molecule has 1 aliphatic heterocycles. The number of halogens is 1. The number of carboxylic acid groups (broad SMARTS) is 1. The van der Waals surface area contributed by atoms with Crippen LogP contribution in [-0.2, 0) is 21.2 Å². The summed E-state index contributed by atoms with van der Waals surface area (Å²) in [7, 11) is -3.74. The summed E-state index contributed by atoms with van der Waals surface area (Å²) >= 11 is 5.73. The highest BCUT2D eigenvalue weighted by molar-refractivity contribution is 7.89. The van der Waals surface area contributed by atoms with Crippen LogP contribution in [0.15, 0.2) is 23.1 Å². The van der Waals surface area contributed by atoms with Gasteiger partial charge in [-0.1, -0.05) is 11.6 Å². The molecule has 86 valence electrons. The lowest BCUT2D eigenvalue weighted by Gasteiger charge is -2.22. The van der Waals surface area contributed by atoms with E-state index in [1.807, 2.05) is 0 Å². The predicted octanol–water partition coefficient (Wildman–Crippen LogP) is 0.628. The van der Waals surface area contributed by atoms with Gasteiger partial charge in [-0.25, -0.2) is 8.42 Å². The smallest absolute Gasteiger partial charge is 0.322 e. The molecule has 1 heterocycles. The van der Waals surface area contributed by atoms with Gasteiger partial charge in [0.25, 0.3) is 0 Å². The molecule has 1 unspecified atom stereocenters. The fourth-order valence-electron chi connectivity index (χ4n) is 1.62. The highest BCUT2D eigenvalue weighted by Crippen LogP contribution is 2.25. The van der Waals surface area contributed by atoms with Crippen molar-refractivity contribution in [3.8, 4) is 0 Å². The average Bonchev–Trinajstić information content (AvgIpc) is 2.15. The second-order valence-corrected chi connectivity index (χ2v) is 5.59. The molecule has 0 aromatic heterocycles. The van der Waals surface area contributed by atoms with Crippen molar-refractivity contribution in [3.05, 3.63) is 28.8 Å². The van der Waals surface area contributed by atoms with E-state index in [0.29, 0.717) is 10.6 Å². The van der Waals surface area contributed by atoms with Crippen molar-refractivity contribution in [2.24, 2.45) is 0 Å². The van der Waals surface area contributed by atoms with Gasteiger partial charge in [0.1, 0.15) is 6.04 Å². The summed E-state index contributed by atoms with van der Waals surface area (Å²) in [5, 5.41) is 9.19. The van der Waals surface area contributed by atoms with E-state index in [0.717, 1.165) is 0 Å². The van der Waals surface area contributed by atoms with Crippen LogP contribution >= 0.6 is 11.6 Å². The Morgan fingerprint density at radius 3 is 2.81 bits per heavy atom. The molecule has 1 aromatic carbocycles. The van der Waals surface area contributed by atoms with Gasteiger partial charge in [-0.3, -0.25) is 4.79 Å². The Bertz CT molecular complexity index is 555. The van der Waals surface area contributed by atoms with Crippen LogP contribution < -0.4 is 4.72 Å². The number of carbonyl (C=O) groups is 1. The maximum atomic E-state index is 11.7. The molecule has 0 bridgehead atoms. The molecule has 0 aliphatic carbocycles. The molecule has 5 nitrogen and oxygen atoms in total. The summed E-state index contributed by atoms with van der Waals surface area (Å²) in [6.45, 7) is 0. The summed E-state index contributed by atoms with van der Waals surface area (Å²) in [6, 6.07) is 3.18. The SMILES string of the molecule is O=C(O)C1Cc2cc(Cl)ccc2S(=O)(=O)N1. The highest BCUT2D eigenvalue weighted by atomic mass is 35.5. The second kappa shape index (κ2) is 3.73. The average molecular weight is 262 g/mol. The minimum Gasteiger partial charge on any atom is -0.480 e. The lowest BCUT2D eigenvalue weighted by molar-refractivity contribution is -0.139. The standard InChI is InChI=1S/C9H8ClNO4S/c10-6-1-2-8-5(3-6)4-7(9(12)13)11-16(8,14)15/h1-3,7,11H,4H2,(H,12,13). The Kier molecular flexibility index (Phi) is 2.65. The zero-order valence-corrected chi connectivity index (χ0v) is 9.55. The number of hydrogen-bond acceptors (Lipinski definition) is 3. The third-order valence-corrected chi connectivity index (χ3v) is 4.14. The van der Waals surface area contributed by atoms with Crippen LogP contribution in [0, 0.1) is 0 Å². The largest absolute Gasteiger partial charge is 0.480 e. The minimum atomic E-state index is -3.74. The molecule has 2 rings (SSSR count). The first kappa shape index (κ1) is 11.4. The van der Waals surface area contributed by atoms with Gasteiger partial charge in [0.15, 0.2) is 0 Å². The van der Waals surface area contributed by atoms with E-state index < -0.39 is 22.0 Å². The molecule has 0 saturated carbocycles. The summed E-state index contributed by atoms with van der Waals surface area (Å²) in [4.78, 5) is 10.9. The van der Waals surface area contributed by atoms with Crippen LogP contribution in [0.3, 0.4) is 0 Å². The van der Waals surface area contributed by atoms with Crippen LogP contribution in [0.5, 0.6) is 0 Å². The third-order valence-electron chi connectivity index (χ3n) is 2.33. The number of carboxylic acids is 1. The molecule has 1 atom stereocenters. The van der Waals surface area contributed by atoms with Crippen LogP contribution in [0.1, 0.15) is 5.56 Å². The van der Waals surface area contributed by atoms with E-state index in [2.05, 4.69) is 4.72 Å². The Morgan fingerprint density at radius 2 is 2.19 bits per heavy atom. The molecule has 0 radical (unpaired) electrons. The molecule has 0 spiro atoms. The second-order valence-electron chi connectivity index (χ2n) is 3.47. The summed E-state index contributed by atoms with van der Waals surface area (Å²) < 4.78 is 25.5. The fraction of sp³-hybridized carbons (Fsp3) is 0.222. The van der Waals surface area contributed by atoms with E-state index in [4.69, 9.17) is 16.7 Å². The van der Waals surface area contributed by atoms with Gasteiger partial charge in [-0.2, -0.15) is 4.72 Å². The zero-order valence-electron chi connectivity index (χ0n) is 7.97. The molecular formula is C9H8ClNO4S. The Labute approximate surface area is 97.1 Å². The van der Waals surface area contributed by atoms with E-state index in [-0.39, 0.29) is 11.3 Å². The van der Waals surface area contributed by atoms with E-state index in [1.54, 1.807) is 0 Å². The van der Waals surface area contributed by atoms with E-state index in [1.165, 1.54) is 18.2 Å². The fourth-order valence-corrected chi connectivity index (χ4v) is 3.23. The normalized spacial score (nSPS) is 22.4. The first-order chi connectivity index (χ1) is 7.40. The summed E-state index contributed by atoms with van der Waals surface area (Å²) in [6.07, 6.45) is 0.102. The lowest BCUT2D eigenvalue weighted by atomic mass is 10.1. The monoisotopic (exact) mass is 261 g/mol. The first-order valence-corrected chi connectivity index (χ1v) is 6.30. The predicted molar refractivity (Wildman–Crippen MR) is 56.9 cm³/mol. The quantitative estimate of drug-likeness (QED) is 0.777. The Morgan fingerprint density at radius 1 is 1.50 bits per heavy atom. The number of nitrogens with one attached hydrogen (secondary N) is 1. The summed E-state index contributed by atoms with van der Waals surface area (Å²) in [5.41, 5.74) is 0.429. The molecule has 1 aliphatic rings. The third kappa shape index (κ3) is 1.91. The topological polar surface area (TPSA) is 83.5 Å². The number of sulfonamides is 1. The molecule has 16 heavy (non-hydrogen) atoms. The maximum absolute atomic E-state index is 11.7. The van der Waals surface area contributed by atoms with Gasteiger partial charge in [0, 0.05) is 11.4 Å². The molecular weight excluding hydrogens is 254 g/mol. The van der Waals surface area contributed by atoms with Crippen molar-refractivity contribution < 1.29 is 18.3 Å². The molecule has 0 fully saturated rings. The first-order valence-electron chi connectivity index (χ1n) is 4.44. The van der Waals surface area contributed by atoms with E-state index in [9.17, 15) is 13.2 Å². The van der Waals surface area contributed by atoms with Crippen molar-refractivity contribution in [2.75, 3.05) is 0 Å². The number of fused-ring (bicyclic) bond motifs is 1. The van der Waals surface area contributed by atoms with Gasteiger partial charge in [0.2, 0.25) is 10.0 Å². The molecule has 0 saturated heterocycles. The van der Waals surface area contributed by atoms with Crippen molar-refractivity contribution >= 4 is 27.6 Å². The zero-order chi connectivity index (χ0) is 11.9. The Hall–Kier alpha value is -1.11. The molecule has 2 N–H and O–H groups in total. The molecule has 7 heteroatoms. The van der Waals surface area contributed by atoms with Crippen LogP contribution in [0.4, 0.5) is 0 Å². The van der Waals surface area contributed by atoms with Gasteiger partial charge < -0.3 is 5.11 Å². The van der Waals surface area contributed by atoms with Crippen molar-refractivity contribution in [1.82, 2.24) is 4.72 Å².